The number of anilines is 1. The minimum Gasteiger partial charge on any atom is -0.344 e. The van der Waals surface area contributed by atoms with E-state index < -0.39 is 11.6 Å². The standard InChI is InChI=1S/C12H14F2N2/c13-10-6-5-9(8-11(10)14)16-12-4-2-1-3-7-15-12/h5-6,8H,1-4,7H2,(H,15,16). The fourth-order valence-corrected chi connectivity index (χ4v) is 1.72. The molecule has 1 N–H and O–H groups in total. The van der Waals surface area contributed by atoms with Crippen LogP contribution in [0.2, 0.25) is 0 Å². The topological polar surface area (TPSA) is 24.4 Å². The van der Waals surface area contributed by atoms with E-state index in [0.717, 1.165) is 43.8 Å². The maximum absolute atomic E-state index is 13.0. The van der Waals surface area contributed by atoms with E-state index in [1.807, 2.05) is 0 Å². The molecule has 0 unspecified atom stereocenters. The molecule has 86 valence electrons. The average molecular weight is 224 g/mol. The van der Waals surface area contributed by atoms with Gasteiger partial charge >= 0.3 is 0 Å². The van der Waals surface area contributed by atoms with Crippen molar-refractivity contribution in [2.24, 2.45) is 4.99 Å². The van der Waals surface area contributed by atoms with Gasteiger partial charge in [-0.1, -0.05) is 6.42 Å². The van der Waals surface area contributed by atoms with Crippen molar-refractivity contribution in [3.8, 4) is 0 Å². The molecule has 4 heteroatoms. The van der Waals surface area contributed by atoms with E-state index in [1.54, 1.807) is 0 Å². The Bertz CT molecular complexity index is 402. The second kappa shape index (κ2) is 5.05. The number of nitrogens with one attached hydrogen (secondary N) is 1. The summed E-state index contributed by atoms with van der Waals surface area (Å²) in [4.78, 5) is 4.36. The molecule has 1 aromatic carbocycles. The highest BCUT2D eigenvalue weighted by atomic mass is 19.2. The van der Waals surface area contributed by atoms with Crippen LogP contribution in [0.25, 0.3) is 0 Å². The van der Waals surface area contributed by atoms with Gasteiger partial charge in [-0.15, -0.1) is 0 Å². The second-order valence-corrected chi connectivity index (χ2v) is 3.89. The predicted octanol–water partition coefficient (Wildman–Crippen LogP) is 3.35. The summed E-state index contributed by atoms with van der Waals surface area (Å²) in [7, 11) is 0. The lowest BCUT2D eigenvalue weighted by molar-refractivity contribution is 0.509. The SMILES string of the molecule is Fc1ccc(NC2=NCCCCC2)cc1F. The number of aliphatic imine (C=N–C) groups is 1. The minimum atomic E-state index is -0.834. The van der Waals surface area contributed by atoms with Crippen LogP contribution in [0.15, 0.2) is 23.2 Å². The maximum atomic E-state index is 13.0. The predicted molar refractivity (Wildman–Crippen MR) is 60.8 cm³/mol. The molecule has 0 atom stereocenters. The van der Waals surface area contributed by atoms with E-state index in [0.29, 0.717) is 5.69 Å². The number of hydrogen-bond acceptors (Lipinski definition) is 2. The zero-order chi connectivity index (χ0) is 11.4. The first-order valence-corrected chi connectivity index (χ1v) is 5.51. The van der Waals surface area contributed by atoms with Crippen LogP contribution in [0.1, 0.15) is 25.7 Å². The fraction of sp³-hybridized carbons (Fsp3) is 0.417. The molecule has 0 radical (unpaired) electrons. The molecule has 1 aliphatic heterocycles. The van der Waals surface area contributed by atoms with Crippen LogP contribution in [0.4, 0.5) is 14.5 Å². The zero-order valence-electron chi connectivity index (χ0n) is 8.97. The van der Waals surface area contributed by atoms with Crippen molar-refractivity contribution in [3.05, 3.63) is 29.8 Å². The number of amidine groups is 1. The van der Waals surface area contributed by atoms with Crippen LogP contribution in [0.5, 0.6) is 0 Å². The molecule has 0 aliphatic carbocycles. The van der Waals surface area contributed by atoms with E-state index >= 15 is 0 Å². The molecule has 0 fully saturated rings. The van der Waals surface area contributed by atoms with Crippen molar-refractivity contribution in [3.63, 3.8) is 0 Å². The first-order chi connectivity index (χ1) is 7.75. The van der Waals surface area contributed by atoms with Gasteiger partial charge in [-0.3, -0.25) is 4.99 Å². The highest BCUT2D eigenvalue weighted by molar-refractivity contribution is 5.95. The molecule has 1 aliphatic rings. The minimum absolute atomic E-state index is 0.555. The summed E-state index contributed by atoms with van der Waals surface area (Å²) < 4.78 is 25.7. The van der Waals surface area contributed by atoms with Gasteiger partial charge in [0.05, 0.1) is 0 Å². The molecule has 0 bridgehead atoms. The normalized spacial score (nSPS) is 16.5. The average Bonchev–Trinajstić information content (AvgIpc) is 2.52. The van der Waals surface area contributed by atoms with E-state index in [-0.39, 0.29) is 0 Å². The Labute approximate surface area is 93.4 Å². The van der Waals surface area contributed by atoms with Gasteiger partial charge in [0, 0.05) is 24.7 Å². The number of benzene rings is 1. The summed E-state index contributed by atoms with van der Waals surface area (Å²) in [6.07, 6.45) is 4.24. The monoisotopic (exact) mass is 224 g/mol. The Morgan fingerprint density at radius 3 is 2.75 bits per heavy atom. The lowest BCUT2D eigenvalue weighted by atomic mass is 10.2. The number of hydrogen-bond donors (Lipinski definition) is 1. The third kappa shape index (κ3) is 2.78. The first-order valence-electron chi connectivity index (χ1n) is 5.51. The van der Waals surface area contributed by atoms with E-state index in [4.69, 9.17) is 0 Å². The fourth-order valence-electron chi connectivity index (χ4n) is 1.72. The summed E-state index contributed by atoms with van der Waals surface area (Å²) >= 11 is 0. The molecule has 16 heavy (non-hydrogen) atoms. The van der Waals surface area contributed by atoms with E-state index in [2.05, 4.69) is 10.3 Å². The van der Waals surface area contributed by atoms with Gasteiger partial charge in [0.2, 0.25) is 0 Å². The lowest BCUT2D eigenvalue weighted by Crippen LogP contribution is -2.11. The number of rotatable bonds is 1. The summed E-state index contributed by atoms with van der Waals surface area (Å²) in [5.41, 5.74) is 0.555. The first kappa shape index (κ1) is 11.0. The summed E-state index contributed by atoms with van der Waals surface area (Å²) in [6, 6.07) is 3.80. The summed E-state index contributed by atoms with van der Waals surface area (Å²) in [5, 5.41) is 3.03. The Kier molecular flexibility index (Phi) is 3.49. The quantitative estimate of drug-likeness (QED) is 0.777. The van der Waals surface area contributed by atoms with Gasteiger partial charge in [0.25, 0.3) is 0 Å². The molecular weight excluding hydrogens is 210 g/mol. The smallest absolute Gasteiger partial charge is 0.160 e. The van der Waals surface area contributed by atoms with Crippen molar-refractivity contribution in [1.82, 2.24) is 0 Å². The number of nitrogens with zero attached hydrogens (tertiary/aromatic N) is 1. The van der Waals surface area contributed by atoms with Gasteiger partial charge < -0.3 is 5.32 Å². The Balaban J connectivity index is 2.07. The van der Waals surface area contributed by atoms with Crippen molar-refractivity contribution < 1.29 is 8.78 Å². The van der Waals surface area contributed by atoms with Gasteiger partial charge in [0.1, 0.15) is 5.84 Å². The van der Waals surface area contributed by atoms with Crippen LogP contribution in [0, 0.1) is 11.6 Å². The van der Waals surface area contributed by atoms with Gasteiger partial charge in [-0.2, -0.15) is 0 Å². The van der Waals surface area contributed by atoms with Crippen LogP contribution < -0.4 is 5.32 Å². The molecule has 0 amide bonds. The molecule has 0 saturated carbocycles. The van der Waals surface area contributed by atoms with Crippen LogP contribution in [0.3, 0.4) is 0 Å². The Morgan fingerprint density at radius 1 is 1.06 bits per heavy atom. The summed E-state index contributed by atoms with van der Waals surface area (Å²) in [6.45, 7) is 0.812. The summed E-state index contributed by atoms with van der Waals surface area (Å²) in [5.74, 6) is -0.795. The van der Waals surface area contributed by atoms with Gasteiger partial charge in [0.15, 0.2) is 11.6 Å². The maximum Gasteiger partial charge on any atom is 0.160 e. The molecule has 0 saturated heterocycles. The molecule has 2 rings (SSSR count). The molecular formula is C12H14F2N2. The molecule has 2 nitrogen and oxygen atoms in total. The number of halogens is 2. The van der Waals surface area contributed by atoms with Crippen molar-refractivity contribution >= 4 is 11.5 Å². The van der Waals surface area contributed by atoms with E-state index in [9.17, 15) is 8.78 Å². The molecule has 0 spiro atoms. The molecule has 1 heterocycles. The lowest BCUT2D eigenvalue weighted by Gasteiger charge is -2.08. The van der Waals surface area contributed by atoms with Crippen LogP contribution in [-0.2, 0) is 0 Å². The molecule has 1 aromatic rings. The van der Waals surface area contributed by atoms with Crippen molar-refractivity contribution in [2.45, 2.75) is 25.7 Å². The third-order valence-electron chi connectivity index (χ3n) is 2.58. The highest BCUT2D eigenvalue weighted by Crippen LogP contribution is 2.15. The van der Waals surface area contributed by atoms with Crippen molar-refractivity contribution in [2.75, 3.05) is 11.9 Å². The van der Waals surface area contributed by atoms with Gasteiger partial charge in [-0.25, -0.2) is 8.78 Å². The van der Waals surface area contributed by atoms with Crippen LogP contribution in [-0.4, -0.2) is 12.4 Å². The van der Waals surface area contributed by atoms with Crippen molar-refractivity contribution in [1.29, 1.82) is 0 Å². The van der Waals surface area contributed by atoms with Crippen LogP contribution >= 0.6 is 0 Å². The zero-order valence-corrected chi connectivity index (χ0v) is 8.97. The highest BCUT2D eigenvalue weighted by Gasteiger charge is 2.06. The Morgan fingerprint density at radius 2 is 1.94 bits per heavy atom. The largest absolute Gasteiger partial charge is 0.344 e. The van der Waals surface area contributed by atoms with Gasteiger partial charge in [-0.05, 0) is 25.0 Å². The third-order valence-corrected chi connectivity index (χ3v) is 2.58. The van der Waals surface area contributed by atoms with E-state index in [1.165, 1.54) is 12.5 Å². The molecule has 0 aromatic heterocycles. The Hall–Kier alpha value is -1.45. The second-order valence-electron chi connectivity index (χ2n) is 3.89.